The molecule has 1 saturated carbocycles. The molecule has 1 heterocycles. The van der Waals surface area contributed by atoms with E-state index in [1.54, 1.807) is 0 Å². The van der Waals surface area contributed by atoms with Gasteiger partial charge < -0.3 is 5.32 Å². The maximum absolute atomic E-state index is 4.40. The van der Waals surface area contributed by atoms with Crippen molar-refractivity contribution in [1.29, 1.82) is 0 Å². The van der Waals surface area contributed by atoms with E-state index in [4.69, 9.17) is 0 Å². The van der Waals surface area contributed by atoms with Gasteiger partial charge in [0.2, 0.25) is 0 Å². The molecule has 1 N–H and O–H groups in total. The van der Waals surface area contributed by atoms with Gasteiger partial charge in [-0.15, -0.1) is 0 Å². The van der Waals surface area contributed by atoms with Crippen molar-refractivity contribution < 1.29 is 0 Å². The summed E-state index contributed by atoms with van der Waals surface area (Å²) >= 11 is 0. The summed E-state index contributed by atoms with van der Waals surface area (Å²) in [6, 6.07) is 2.67. The second-order valence-electron chi connectivity index (χ2n) is 4.42. The van der Waals surface area contributed by atoms with Gasteiger partial charge in [0.1, 0.15) is 5.82 Å². The Morgan fingerprint density at radius 2 is 2.29 bits per heavy atom. The minimum absolute atomic E-state index is 0.568. The van der Waals surface area contributed by atoms with E-state index in [9.17, 15) is 0 Å². The van der Waals surface area contributed by atoms with E-state index in [2.05, 4.69) is 30.3 Å². The van der Waals surface area contributed by atoms with Crippen LogP contribution in [0.15, 0.2) is 6.07 Å². The van der Waals surface area contributed by atoms with Gasteiger partial charge in [0.05, 0.1) is 0 Å². The molecule has 1 aromatic rings. The molecular weight excluding hydrogens is 174 g/mol. The lowest BCUT2D eigenvalue weighted by Crippen LogP contribution is -2.30. The average Bonchev–Trinajstić information content (AvgIpc) is 2.26. The molecule has 0 saturated heterocycles. The molecule has 0 spiro atoms. The van der Waals surface area contributed by atoms with Crippen LogP contribution < -0.4 is 5.32 Å². The van der Waals surface area contributed by atoms with Crippen LogP contribution in [0.4, 0.5) is 5.82 Å². The van der Waals surface area contributed by atoms with E-state index in [1.807, 2.05) is 11.7 Å². The third-order valence-corrected chi connectivity index (χ3v) is 3.35. The first-order valence-electron chi connectivity index (χ1n) is 5.44. The lowest BCUT2D eigenvalue weighted by molar-refractivity contribution is 0.285. The normalized spacial score (nSPS) is 19.1. The fourth-order valence-corrected chi connectivity index (χ4v) is 1.92. The van der Waals surface area contributed by atoms with Crippen molar-refractivity contribution in [1.82, 2.24) is 9.78 Å². The van der Waals surface area contributed by atoms with Gasteiger partial charge in [0.25, 0.3) is 0 Å². The van der Waals surface area contributed by atoms with Crippen LogP contribution in [-0.2, 0) is 7.05 Å². The van der Waals surface area contributed by atoms with Crippen LogP contribution in [0.25, 0.3) is 0 Å². The molecule has 78 valence electrons. The Bertz CT molecular complexity index is 293. The monoisotopic (exact) mass is 193 g/mol. The molecular formula is C11H19N3. The van der Waals surface area contributed by atoms with Gasteiger partial charge in [-0.2, -0.15) is 5.10 Å². The molecule has 1 unspecified atom stereocenters. The molecule has 1 atom stereocenters. The highest BCUT2D eigenvalue weighted by atomic mass is 15.3. The third-order valence-electron chi connectivity index (χ3n) is 3.35. The van der Waals surface area contributed by atoms with E-state index in [1.165, 1.54) is 25.0 Å². The van der Waals surface area contributed by atoms with E-state index in [0.717, 1.165) is 11.7 Å². The Kier molecular flexibility index (Phi) is 2.48. The zero-order chi connectivity index (χ0) is 10.1. The summed E-state index contributed by atoms with van der Waals surface area (Å²) in [5.74, 6) is 1.88. The van der Waals surface area contributed by atoms with Crippen LogP contribution in [0, 0.1) is 12.8 Å². The summed E-state index contributed by atoms with van der Waals surface area (Å²) in [5, 5.41) is 7.87. The highest BCUT2D eigenvalue weighted by molar-refractivity contribution is 5.36. The van der Waals surface area contributed by atoms with Gasteiger partial charge in [-0.1, -0.05) is 6.42 Å². The van der Waals surface area contributed by atoms with Gasteiger partial charge in [-0.3, -0.25) is 4.68 Å². The molecule has 0 aromatic carbocycles. The number of aromatic nitrogens is 2. The average molecular weight is 193 g/mol. The Morgan fingerprint density at radius 3 is 2.71 bits per heavy atom. The second-order valence-corrected chi connectivity index (χ2v) is 4.42. The van der Waals surface area contributed by atoms with E-state index < -0.39 is 0 Å². The zero-order valence-electron chi connectivity index (χ0n) is 9.25. The van der Waals surface area contributed by atoms with E-state index >= 15 is 0 Å². The number of hydrogen-bond acceptors (Lipinski definition) is 2. The number of anilines is 1. The summed E-state index contributed by atoms with van der Waals surface area (Å²) < 4.78 is 1.91. The van der Waals surface area contributed by atoms with Crippen molar-refractivity contribution in [2.75, 3.05) is 5.32 Å². The highest BCUT2D eigenvalue weighted by Crippen LogP contribution is 2.30. The molecule has 0 aliphatic heterocycles. The molecule has 2 rings (SSSR count). The van der Waals surface area contributed by atoms with Crippen LogP contribution >= 0.6 is 0 Å². The maximum atomic E-state index is 4.40. The second kappa shape index (κ2) is 3.64. The van der Waals surface area contributed by atoms with Gasteiger partial charge in [-0.25, -0.2) is 0 Å². The number of hydrogen-bond donors (Lipinski definition) is 1. The van der Waals surface area contributed by atoms with Gasteiger partial charge >= 0.3 is 0 Å². The topological polar surface area (TPSA) is 29.9 Å². The Labute approximate surface area is 85.5 Å². The molecule has 0 amide bonds. The first-order valence-corrected chi connectivity index (χ1v) is 5.44. The Morgan fingerprint density at radius 1 is 1.57 bits per heavy atom. The quantitative estimate of drug-likeness (QED) is 0.798. The summed E-state index contributed by atoms with van der Waals surface area (Å²) in [6.45, 7) is 4.33. The summed E-state index contributed by atoms with van der Waals surface area (Å²) in [5.41, 5.74) is 1.20. The number of aryl methyl sites for hydroxylation is 2. The standard InChI is InChI=1S/C11H19N3/c1-8-7-11(13-14(8)3)12-9(2)10-5-4-6-10/h7,9-10H,4-6H2,1-3H3,(H,12,13). The molecule has 0 radical (unpaired) electrons. The molecule has 1 aromatic heterocycles. The SMILES string of the molecule is Cc1cc(NC(C)C2CCC2)nn1C. The zero-order valence-corrected chi connectivity index (χ0v) is 9.25. The Hall–Kier alpha value is -0.990. The molecule has 3 nitrogen and oxygen atoms in total. The van der Waals surface area contributed by atoms with Crippen molar-refractivity contribution >= 4 is 5.82 Å². The first kappa shape index (κ1) is 9.56. The molecule has 1 aliphatic carbocycles. The number of rotatable bonds is 3. The lowest BCUT2D eigenvalue weighted by Gasteiger charge is -2.31. The van der Waals surface area contributed by atoms with Gasteiger partial charge in [0, 0.05) is 24.8 Å². The fourth-order valence-electron chi connectivity index (χ4n) is 1.92. The lowest BCUT2D eigenvalue weighted by atomic mass is 9.80. The summed E-state index contributed by atoms with van der Waals surface area (Å²) in [7, 11) is 1.98. The van der Waals surface area contributed by atoms with Crippen molar-refractivity contribution in [3.8, 4) is 0 Å². The fraction of sp³-hybridized carbons (Fsp3) is 0.727. The van der Waals surface area contributed by atoms with Gasteiger partial charge in [0.15, 0.2) is 0 Å². The molecule has 3 heteroatoms. The molecule has 0 bridgehead atoms. The van der Waals surface area contributed by atoms with Crippen LogP contribution in [0.2, 0.25) is 0 Å². The Balaban J connectivity index is 1.95. The minimum atomic E-state index is 0.568. The third kappa shape index (κ3) is 1.76. The first-order chi connectivity index (χ1) is 6.66. The van der Waals surface area contributed by atoms with Crippen molar-refractivity contribution in [3.05, 3.63) is 11.8 Å². The summed E-state index contributed by atoms with van der Waals surface area (Å²) in [6.07, 6.45) is 4.15. The van der Waals surface area contributed by atoms with Crippen molar-refractivity contribution in [3.63, 3.8) is 0 Å². The predicted molar refractivity (Wildman–Crippen MR) is 58.4 cm³/mol. The van der Waals surface area contributed by atoms with Gasteiger partial charge in [-0.05, 0) is 32.6 Å². The van der Waals surface area contributed by atoms with Crippen LogP contribution in [0.1, 0.15) is 31.9 Å². The molecule has 14 heavy (non-hydrogen) atoms. The number of nitrogens with one attached hydrogen (secondary N) is 1. The van der Waals surface area contributed by atoms with Crippen molar-refractivity contribution in [2.45, 2.75) is 39.2 Å². The maximum Gasteiger partial charge on any atom is 0.148 e. The van der Waals surface area contributed by atoms with Crippen LogP contribution in [0.5, 0.6) is 0 Å². The largest absolute Gasteiger partial charge is 0.366 e. The number of nitrogens with zero attached hydrogens (tertiary/aromatic N) is 2. The van der Waals surface area contributed by atoms with E-state index in [0.29, 0.717) is 6.04 Å². The molecule has 1 aliphatic rings. The van der Waals surface area contributed by atoms with Crippen LogP contribution in [-0.4, -0.2) is 15.8 Å². The smallest absolute Gasteiger partial charge is 0.148 e. The summed E-state index contributed by atoms with van der Waals surface area (Å²) in [4.78, 5) is 0. The van der Waals surface area contributed by atoms with Crippen molar-refractivity contribution in [2.24, 2.45) is 13.0 Å². The highest BCUT2D eigenvalue weighted by Gasteiger charge is 2.24. The molecule has 1 fully saturated rings. The minimum Gasteiger partial charge on any atom is -0.366 e. The van der Waals surface area contributed by atoms with E-state index in [-0.39, 0.29) is 0 Å². The van der Waals surface area contributed by atoms with Crippen LogP contribution in [0.3, 0.4) is 0 Å². The predicted octanol–water partition coefficient (Wildman–Crippen LogP) is 2.33.